The topological polar surface area (TPSA) is 23.5 Å². The Labute approximate surface area is 155 Å². The van der Waals surface area contributed by atoms with E-state index in [2.05, 4.69) is 0 Å². The van der Waals surface area contributed by atoms with Crippen LogP contribution in [0.1, 0.15) is 43.1 Å². The minimum Gasteiger partial charge on any atom is -0.388 e. The fourth-order valence-electron chi connectivity index (χ4n) is 2.74. The standard InChI is InChI=1S/C20H22F5NO/c1-13(2)26(12-14-3-8-17(21)18(22)11-14)10-9-19(27)15-4-6-16(7-5-15)20(23,24)25/h3-8,11,13,19,27H,9-10,12H2,1-2H3. The third kappa shape index (κ3) is 6.01. The van der Waals surface area contributed by atoms with Crippen molar-refractivity contribution < 1.29 is 27.1 Å². The monoisotopic (exact) mass is 387 g/mol. The molecule has 0 amide bonds. The fraction of sp³-hybridized carbons (Fsp3) is 0.400. The van der Waals surface area contributed by atoms with E-state index in [9.17, 15) is 27.1 Å². The lowest BCUT2D eigenvalue weighted by Crippen LogP contribution is -2.32. The van der Waals surface area contributed by atoms with E-state index in [0.29, 0.717) is 30.6 Å². The first-order valence-electron chi connectivity index (χ1n) is 8.61. The molecule has 0 aliphatic heterocycles. The van der Waals surface area contributed by atoms with Crippen molar-refractivity contribution in [1.82, 2.24) is 4.90 Å². The van der Waals surface area contributed by atoms with Gasteiger partial charge in [-0.1, -0.05) is 18.2 Å². The van der Waals surface area contributed by atoms with Crippen LogP contribution < -0.4 is 0 Å². The van der Waals surface area contributed by atoms with Gasteiger partial charge in [-0.15, -0.1) is 0 Å². The van der Waals surface area contributed by atoms with Crippen molar-refractivity contribution in [2.24, 2.45) is 0 Å². The van der Waals surface area contributed by atoms with Gasteiger partial charge in [0.25, 0.3) is 0 Å². The molecule has 2 rings (SSSR count). The maximum atomic E-state index is 13.4. The molecule has 0 bridgehead atoms. The Morgan fingerprint density at radius 3 is 2.11 bits per heavy atom. The number of hydrogen-bond donors (Lipinski definition) is 1. The molecule has 2 nitrogen and oxygen atoms in total. The highest BCUT2D eigenvalue weighted by atomic mass is 19.4. The Balaban J connectivity index is 1.99. The van der Waals surface area contributed by atoms with E-state index in [4.69, 9.17) is 0 Å². The summed E-state index contributed by atoms with van der Waals surface area (Å²) in [6.45, 7) is 4.68. The van der Waals surface area contributed by atoms with E-state index >= 15 is 0 Å². The van der Waals surface area contributed by atoms with Crippen molar-refractivity contribution in [3.05, 3.63) is 70.8 Å². The normalized spacial score (nSPS) is 13.4. The average molecular weight is 387 g/mol. The Morgan fingerprint density at radius 1 is 0.963 bits per heavy atom. The molecule has 0 saturated heterocycles. The predicted octanol–water partition coefficient (Wildman–Crippen LogP) is 5.32. The van der Waals surface area contributed by atoms with E-state index in [1.54, 1.807) is 0 Å². The molecule has 2 aromatic rings. The highest BCUT2D eigenvalue weighted by Crippen LogP contribution is 2.30. The minimum atomic E-state index is -4.41. The van der Waals surface area contributed by atoms with E-state index in [-0.39, 0.29) is 6.04 Å². The van der Waals surface area contributed by atoms with E-state index < -0.39 is 29.5 Å². The lowest BCUT2D eigenvalue weighted by Gasteiger charge is -2.27. The predicted molar refractivity (Wildman–Crippen MR) is 92.9 cm³/mol. The number of alkyl halides is 3. The van der Waals surface area contributed by atoms with Gasteiger partial charge in [-0.05, 0) is 55.7 Å². The Kier molecular flexibility index (Phi) is 6.95. The van der Waals surface area contributed by atoms with Crippen LogP contribution in [0.25, 0.3) is 0 Å². The molecule has 2 aromatic carbocycles. The van der Waals surface area contributed by atoms with Gasteiger partial charge in [0.05, 0.1) is 11.7 Å². The van der Waals surface area contributed by atoms with Gasteiger partial charge >= 0.3 is 6.18 Å². The van der Waals surface area contributed by atoms with Crippen LogP contribution in [-0.2, 0) is 12.7 Å². The van der Waals surface area contributed by atoms with Crippen molar-refractivity contribution in [1.29, 1.82) is 0 Å². The summed E-state index contributed by atoms with van der Waals surface area (Å²) in [5.41, 5.74) is 0.242. The summed E-state index contributed by atoms with van der Waals surface area (Å²) >= 11 is 0. The van der Waals surface area contributed by atoms with Crippen molar-refractivity contribution in [3.63, 3.8) is 0 Å². The van der Waals surface area contributed by atoms with Gasteiger partial charge < -0.3 is 5.11 Å². The average Bonchev–Trinajstić information content (AvgIpc) is 2.60. The van der Waals surface area contributed by atoms with Crippen molar-refractivity contribution in [2.45, 2.75) is 45.1 Å². The lowest BCUT2D eigenvalue weighted by atomic mass is 10.0. The van der Waals surface area contributed by atoms with Gasteiger partial charge in [-0.25, -0.2) is 8.78 Å². The first-order valence-corrected chi connectivity index (χ1v) is 8.61. The van der Waals surface area contributed by atoms with Crippen LogP contribution in [0.2, 0.25) is 0 Å². The zero-order valence-electron chi connectivity index (χ0n) is 15.1. The van der Waals surface area contributed by atoms with Gasteiger partial charge in [0, 0.05) is 19.1 Å². The Morgan fingerprint density at radius 2 is 1.59 bits per heavy atom. The summed E-state index contributed by atoms with van der Waals surface area (Å²) in [4.78, 5) is 1.97. The summed E-state index contributed by atoms with van der Waals surface area (Å²) < 4.78 is 64.2. The van der Waals surface area contributed by atoms with Crippen molar-refractivity contribution >= 4 is 0 Å². The van der Waals surface area contributed by atoms with Crippen LogP contribution in [-0.4, -0.2) is 22.6 Å². The Bertz CT molecular complexity index is 743. The SMILES string of the molecule is CC(C)N(CCC(O)c1ccc(C(F)(F)F)cc1)Cc1ccc(F)c(F)c1. The highest BCUT2D eigenvalue weighted by molar-refractivity contribution is 5.26. The number of aliphatic hydroxyl groups excluding tert-OH is 1. The first kappa shape index (κ1) is 21.3. The van der Waals surface area contributed by atoms with Crippen LogP contribution in [0.4, 0.5) is 22.0 Å². The maximum Gasteiger partial charge on any atom is 0.416 e. The smallest absolute Gasteiger partial charge is 0.388 e. The molecule has 148 valence electrons. The third-order valence-corrected chi connectivity index (χ3v) is 4.41. The van der Waals surface area contributed by atoms with Crippen LogP contribution >= 0.6 is 0 Å². The van der Waals surface area contributed by atoms with Gasteiger partial charge in [0.15, 0.2) is 11.6 Å². The molecular formula is C20H22F5NO. The van der Waals surface area contributed by atoms with E-state index in [0.717, 1.165) is 24.3 Å². The molecule has 0 aliphatic rings. The van der Waals surface area contributed by atoms with Crippen LogP contribution in [0.3, 0.4) is 0 Å². The summed E-state index contributed by atoms with van der Waals surface area (Å²) in [6.07, 6.45) is -5.03. The molecule has 1 atom stereocenters. The third-order valence-electron chi connectivity index (χ3n) is 4.41. The summed E-state index contributed by atoms with van der Waals surface area (Å²) in [5.74, 6) is -1.83. The van der Waals surface area contributed by atoms with E-state index in [1.807, 2.05) is 18.7 Å². The molecule has 0 heterocycles. The second kappa shape index (κ2) is 8.80. The molecule has 27 heavy (non-hydrogen) atoms. The summed E-state index contributed by atoms with van der Waals surface area (Å²) in [7, 11) is 0. The fourth-order valence-corrected chi connectivity index (χ4v) is 2.74. The molecule has 0 fully saturated rings. The minimum absolute atomic E-state index is 0.0814. The van der Waals surface area contributed by atoms with Gasteiger partial charge in [0.2, 0.25) is 0 Å². The molecule has 0 aliphatic carbocycles. The molecule has 0 radical (unpaired) electrons. The highest BCUT2D eigenvalue weighted by Gasteiger charge is 2.30. The summed E-state index contributed by atoms with van der Waals surface area (Å²) in [6, 6.07) is 8.21. The zero-order chi connectivity index (χ0) is 20.2. The number of nitrogens with zero attached hydrogens (tertiary/aromatic N) is 1. The largest absolute Gasteiger partial charge is 0.416 e. The number of aliphatic hydroxyl groups is 1. The van der Waals surface area contributed by atoms with Gasteiger partial charge in [-0.3, -0.25) is 4.90 Å². The first-order chi connectivity index (χ1) is 12.6. The second-order valence-electron chi connectivity index (χ2n) is 6.74. The van der Waals surface area contributed by atoms with Gasteiger partial charge in [-0.2, -0.15) is 13.2 Å². The molecule has 1 unspecified atom stereocenters. The Hall–Kier alpha value is -1.99. The molecule has 0 saturated carbocycles. The molecular weight excluding hydrogens is 365 g/mol. The van der Waals surface area contributed by atoms with Crippen LogP contribution in [0, 0.1) is 11.6 Å². The number of hydrogen-bond acceptors (Lipinski definition) is 2. The molecule has 0 aromatic heterocycles. The van der Waals surface area contributed by atoms with Gasteiger partial charge in [0.1, 0.15) is 0 Å². The maximum absolute atomic E-state index is 13.4. The second-order valence-corrected chi connectivity index (χ2v) is 6.74. The van der Waals surface area contributed by atoms with Crippen molar-refractivity contribution in [3.8, 4) is 0 Å². The van der Waals surface area contributed by atoms with Crippen LogP contribution in [0.15, 0.2) is 42.5 Å². The molecule has 7 heteroatoms. The quantitative estimate of drug-likeness (QED) is 0.650. The summed E-state index contributed by atoms with van der Waals surface area (Å²) in [5, 5.41) is 10.3. The van der Waals surface area contributed by atoms with E-state index in [1.165, 1.54) is 18.2 Å². The number of halogens is 5. The zero-order valence-corrected chi connectivity index (χ0v) is 15.1. The van der Waals surface area contributed by atoms with Crippen LogP contribution in [0.5, 0.6) is 0 Å². The number of benzene rings is 2. The number of rotatable bonds is 7. The lowest BCUT2D eigenvalue weighted by molar-refractivity contribution is -0.137. The molecule has 0 spiro atoms. The molecule has 1 N–H and O–H groups in total. The van der Waals surface area contributed by atoms with Crippen molar-refractivity contribution in [2.75, 3.05) is 6.54 Å².